The molecule has 0 aliphatic heterocycles. The lowest BCUT2D eigenvalue weighted by Gasteiger charge is -2.08. The molecular weight excluding hydrogens is 476 g/mol. The monoisotopic (exact) mass is 496 g/mol. The summed E-state index contributed by atoms with van der Waals surface area (Å²) in [5, 5.41) is 4.30. The molecule has 4 rings (SSSR count). The molecule has 0 amide bonds. The summed E-state index contributed by atoms with van der Waals surface area (Å²) in [5.74, 6) is 1.02. The second-order valence-corrected chi connectivity index (χ2v) is 7.99. The second-order valence-electron chi connectivity index (χ2n) is 7.07. The Labute approximate surface area is 191 Å². The molecular formula is C22H21BrN6O3. The van der Waals surface area contributed by atoms with Crippen LogP contribution in [0, 0.1) is 0 Å². The quantitative estimate of drug-likeness (QED) is 0.302. The minimum atomic E-state index is -0.524. The Hall–Kier alpha value is -3.66. The maximum absolute atomic E-state index is 12.6. The molecule has 9 nitrogen and oxygen atoms in total. The molecule has 0 atom stereocenters. The van der Waals surface area contributed by atoms with Crippen LogP contribution in [-0.2, 0) is 20.0 Å². The maximum atomic E-state index is 12.6. The molecule has 32 heavy (non-hydrogen) atoms. The lowest BCUT2D eigenvalue weighted by molar-refractivity contribution is 0.414. The van der Waals surface area contributed by atoms with Crippen molar-refractivity contribution in [3.05, 3.63) is 85.0 Å². The van der Waals surface area contributed by atoms with Crippen LogP contribution in [-0.4, -0.2) is 32.4 Å². The third kappa shape index (κ3) is 4.35. The SMILES string of the molecule is COc1ccc(Br)cc1/C=N/Nc1nc2c(c(=O)[nH]c(=O)n2C)n1CCc1ccccc1. The molecule has 0 bridgehead atoms. The van der Waals surface area contributed by atoms with E-state index in [0.29, 0.717) is 30.2 Å². The van der Waals surface area contributed by atoms with Gasteiger partial charge in [0.25, 0.3) is 5.56 Å². The molecule has 2 aromatic heterocycles. The van der Waals surface area contributed by atoms with Crippen molar-refractivity contribution >= 4 is 39.3 Å². The van der Waals surface area contributed by atoms with Gasteiger partial charge in [-0.1, -0.05) is 46.3 Å². The Morgan fingerprint density at radius 2 is 2.00 bits per heavy atom. The molecule has 2 heterocycles. The second kappa shape index (κ2) is 9.23. The predicted octanol–water partition coefficient (Wildman–Crippen LogP) is 2.88. The lowest BCUT2D eigenvalue weighted by Crippen LogP contribution is -2.29. The van der Waals surface area contributed by atoms with Crippen molar-refractivity contribution in [3.8, 4) is 5.75 Å². The van der Waals surface area contributed by atoms with Crippen molar-refractivity contribution in [1.82, 2.24) is 19.1 Å². The van der Waals surface area contributed by atoms with Gasteiger partial charge in [-0.15, -0.1) is 0 Å². The van der Waals surface area contributed by atoms with Crippen molar-refractivity contribution < 1.29 is 4.74 Å². The Bertz CT molecular complexity index is 1410. The molecule has 0 fully saturated rings. The van der Waals surface area contributed by atoms with Gasteiger partial charge < -0.3 is 9.30 Å². The molecule has 0 radical (unpaired) electrons. The fraction of sp³-hybridized carbons (Fsp3) is 0.182. The third-order valence-corrected chi connectivity index (χ3v) is 5.53. The zero-order chi connectivity index (χ0) is 22.7. The van der Waals surface area contributed by atoms with E-state index in [-0.39, 0.29) is 5.65 Å². The number of benzene rings is 2. The first-order valence-corrected chi connectivity index (χ1v) is 10.6. The predicted molar refractivity (Wildman–Crippen MR) is 128 cm³/mol. The summed E-state index contributed by atoms with van der Waals surface area (Å²) < 4.78 is 9.29. The number of hydrogen-bond donors (Lipinski definition) is 2. The van der Waals surface area contributed by atoms with Gasteiger partial charge in [0.15, 0.2) is 11.2 Å². The van der Waals surface area contributed by atoms with E-state index in [4.69, 9.17) is 4.74 Å². The van der Waals surface area contributed by atoms with Gasteiger partial charge in [-0.25, -0.2) is 10.2 Å². The van der Waals surface area contributed by atoms with E-state index in [1.165, 1.54) is 4.57 Å². The highest BCUT2D eigenvalue weighted by Crippen LogP contribution is 2.22. The summed E-state index contributed by atoms with van der Waals surface area (Å²) in [6, 6.07) is 15.5. The van der Waals surface area contributed by atoms with Crippen LogP contribution < -0.4 is 21.4 Å². The molecule has 2 N–H and O–H groups in total. The number of aromatic nitrogens is 4. The first-order valence-electron chi connectivity index (χ1n) is 9.84. The average molecular weight is 497 g/mol. The molecule has 0 aliphatic carbocycles. The molecule has 0 unspecified atom stereocenters. The van der Waals surface area contributed by atoms with Gasteiger partial charge in [0, 0.05) is 23.6 Å². The minimum Gasteiger partial charge on any atom is -0.496 e. The number of hydrazone groups is 1. The molecule has 4 aromatic rings. The number of anilines is 1. The van der Waals surface area contributed by atoms with E-state index >= 15 is 0 Å². The zero-order valence-corrected chi connectivity index (χ0v) is 19.1. The molecule has 0 saturated heterocycles. The molecule has 10 heteroatoms. The number of imidazole rings is 1. The van der Waals surface area contributed by atoms with Crippen LogP contribution in [0.1, 0.15) is 11.1 Å². The standard InChI is InChI=1S/C22H21BrN6O3/c1-28-19-18(20(30)26-22(28)31)29(11-10-14-6-4-3-5-7-14)21(25-19)27-24-13-15-12-16(23)8-9-17(15)32-2/h3-9,12-13H,10-11H2,1-2H3,(H,25,27)(H,26,30,31)/b24-13+. The smallest absolute Gasteiger partial charge is 0.329 e. The zero-order valence-electron chi connectivity index (χ0n) is 17.5. The number of H-pyrrole nitrogens is 1. The lowest BCUT2D eigenvalue weighted by atomic mass is 10.1. The number of halogens is 1. The normalized spacial score (nSPS) is 11.3. The van der Waals surface area contributed by atoms with Crippen LogP contribution in [0.15, 0.2) is 67.7 Å². The topological polar surface area (TPSA) is 106 Å². The fourth-order valence-electron chi connectivity index (χ4n) is 3.39. The van der Waals surface area contributed by atoms with E-state index in [9.17, 15) is 9.59 Å². The Morgan fingerprint density at radius 3 is 2.75 bits per heavy atom. The number of ether oxygens (including phenoxy) is 1. The van der Waals surface area contributed by atoms with Gasteiger partial charge in [-0.2, -0.15) is 10.1 Å². The number of methoxy groups -OCH3 is 1. The van der Waals surface area contributed by atoms with E-state index < -0.39 is 11.2 Å². The summed E-state index contributed by atoms with van der Waals surface area (Å²) in [4.78, 5) is 31.5. The van der Waals surface area contributed by atoms with E-state index in [1.54, 1.807) is 24.9 Å². The van der Waals surface area contributed by atoms with Crippen molar-refractivity contribution in [2.75, 3.05) is 12.5 Å². The molecule has 0 spiro atoms. The minimum absolute atomic E-state index is 0.282. The van der Waals surface area contributed by atoms with Crippen molar-refractivity contribution in [1.29, 1.82) is 0 Å². The number of aryl methyl sites for hydroxylation is 3. The number of nitrogens with one attached hydrogen (secondary N) is 2. The molecule has 0 aliphatic rings. The van der Waals surface area contributed by atoms with Gasteiger partial charge in [0.2, 0.25) is 5.95 Å². The van der Waals surface area contributed by atoms with Crippen molar-refractivity contribution in [2.45, 2.75) is 13.0 Å². The Morgan fingerprint density at radius 1 is 1.22 bits per heavy atom. The summed E-state index contributed by atoms with van der Waals surface area (Å²) in [5.41, 5.74) is 4.36. The fourth-order valence-corrected chi connectivity index (χ4v) is 3.77. The molecule has 0 saturated carbocycles. The summed E-state index contributed by atoms with van der Waals surface area (Å²) in [6.07, 6.45) is 2.28. The Balaban J connectivity index is 1.72. The van der Waals surface area contributed by atoms with E-state index in [1.807, 2.05) is 48.5 Å². The van der Waals surface area contributed by atoms with Crippen LogP contribution in [0.2, 0.25) is 0 Å². The van der Waals surface area contributed by atoms with Gasteiger partial charge in [-0.05, 0) is 30.2 Å². The van der Waals surface area contributed by atoms with Crippen LogP contribution in [0.5, 0.6) is 5.75 Å². The van der Waals surface area contributed by atoms with Crippen molar-refractivity contribution in [3.63, 3.8) is 0 Å². The molecule has 164 valence electrons. The first-order chi connectivity index (χ1) is 15.5. The first kappa shape index (κ1) is 21.6. The third-order valence-electron chi connectivity index (χ3n) is 5.03. The summed E-state index contributed by atoms with van der Waals surface area (Å²) >= 11 is 3.44. The largest absolute Gasteiger partial charge is 0.496 e. The summed E-state index contributed by atoms with van der Waals surface area (Å²) in [6.45, 7) is 0.472. The number of nitrogens with zero attached hydrogens (tertiary/aromatic N) is 4. The number of fused-ring (bicyclic) bond motifs is 1. The Kier molecular flexibility index (Phi) is 6.22. The highest BCUT2D eigenvalue weighted by molar-refractivity contribution is 9.10. The van der Waals surface area contributed by atoms with E-state index in [2.05, 4.69) is 36.4 Å². The highest BCUT2D eigenvalue weighted by atomic mass is 79.9. The average Bonchev–Trinajstić information content (AvgIpc) is 3.16. The van der Waals surface area contributed by atoms with Gasteiger partial charge >= 0.3 is 5.69 Å². The number of hydrogen-bond acceptors (Lipinski definition) is 6. The number of rotatable bonds is 7. The van der Waals surface area contributed by atoms with Crippen LogP contribution in [0.3, 0.4) is 0 Å². The highest BCUT2D eigenvalue weighted by Gasteiger charge is 2.17. The van der Waals surface area contributed by atoms with Crippen molar-refractivity contribution in [2.24, 2.45) is 12.1 Å². The number of aromatic amines is 1. The van der Waals surface area contributed by atoms with Crippen LogP contribution in [0.4, 0.5) is 5.95 Å². The van der Waals surface area contributed by atoms with Crippen LogP contribution >= 0.6 is 15.9 Å². The van der Waals surface area contributed by atoms with Gasteiger partial charge in [0.1, 0.15) is 5.75 Å². The molecule has 2 aromatic carbocycles. The summed E-state index contributed by atoms with van der Waals surface area (Å²) in [7, 11) is 3.15. The maximum Gasteiger partial charge on any atom is 0.329 e. The van der Waals surface area contributed by atoms with Gasteiger partial charge in [0.05, 0.1) is 13.3 Å². The van der Waals surface area contributed by atoms with Crippen LogP contribution in [0.25, 0.3) is 11.2 Å². The van der Waals surface area contributed by atoms with Gasteiger partial charge in [-0.3, -0.25) is 14.3 Å². The van der Waals surface area contributed by atoms with E-state index in [0.717, 1.165) is 15.6 Å².